The normalized spacial score (nSPS) is 23.8. The van der Waals surface area contributed by atoms with Crippen LogP contribution in [0.4, 0.5) is 5.69 Å². The van der Waals surface area contributed by atoms with Crippen molar-refractivity contribution in [2.75, 3.05) is 19.1 Å². The van der Waals surface area contributed by atoms with Crippen molar-refractivity contribution in [3.63, 3.8) is 0 Å². The summed E-state index contributed by atoms with van der Waals surface area (Å²) in [4.78, 5) is 56.4. The van der Waals surface area contributed by atoms with Crippen molar-refractivity contribution in [3.8, 4) is 11.5 Å². The first-order valence-electron chi connectivity index (χ1n) is 11.4. The Hall–Kier alpha value is -4.30. The molecule has 1 spiro atoms. The topological polar surface area (TPSA) is 99.2 Å². The van der Waals surface area contributed by atoms with Gasteiger partial charge in [0.15, 0.2) is 11.5 Å². The number of Topliss-reactive ketones (excluding diaryl/α,β-unsaturated/α-hetero) is 2. The average Bonchev–Trinajstić information content (AvgIpc) is 3.48. The van der Waals surface area contributed by atoms with Gasteiger partial charge in [-0.1, -0.05) is 54.6 Å². The number of benzene rings is 3. The van der Waals surface area contributed by atoms with E-state index in [1.54, 1.807) is 60.7 Å². The molecule has 2 fully saturated rings. The van der Waals surface area contributed by atoms with E-state index in [1.807, 2.05) is 6.07 Å². The molecule has 36 heavy (non-hydrogen) atoms. The molecular formula is C28H21NO7. The lowest BCUT2D eigenvalue weighted by molar-refractivity contribution is -0.127. The molecule has 2 saturated heterocycles. The Morgan fingerprint density at radius 1 is 0.750 bits per heavy atom. The number of ether oxygens (including phenoxy) is 3. The van der Waals surface area contributed by atoms with E-state index in [4.69, 9.17) is 14.2 Å². The summed E-state index contributed by atoms with van der Waals surface area (Å²) in [7, 11) is 2.93. The summed E-state index contributed by atoms with van der Waals surface area (Å²) in [5.74, 6) is -3.99. The zero-order valence-corrected chi connectivity index (χ0v) is 19.5. The molecular weight excluding hydrogens is 462 g/mol. The van der Waals surface area contributed by atoms with Crippen LogP contribution < -0.4 is 14.4 Å². The number of amides is 2. The van der Waals surface area contributed by atoms with Crippen LogP contribution in [0.3, 0.4) is 0 Å². The molecule has 180 valence electrons. The number of carbonyl (C=O) groups excluding carboxylic acids is 4. The number of fused-ring (bicyclic) bond motifs is 3. The Balaban J connectivity index is 1.52. The molecule has 0 bridgehead atoms. The molecule has 0 unspecified atom stereocenters. The summed E-state index contributed by atoms with van der Waals surface area (Å²) >= 11 is 0. The van der Waals surface area contributed by atoms with Crippen molar-refractivity contribution in [2.24, 2.45) is 11.8 Å². The van der Waals surface area contributed by atoms with Crippen LogP contribution in [0.1, 0.15) is 32.4 Å². The predicted molar refractivity (Wildman–Crippen MR) is 127 cm³/mol. The number of carbonyl (C=O) groups is 4. The minimum absolute atomic E-state index is 0.194. The monoisotopic (exact) mass is 483 g/mol. The minimum Gasteiger partial charge on any atom is -0.493 e. The quantitative estimate of drug-likeness (QED) is 0.414. The molecule has 6 rings (SSSR count). The molecule has 2 aliphatic heterocycles. The third-order valence-corrected chi connectivity index (χ3v) is 7.27. The first-order valence-corrected chi connectivity index (χ1v) is 11.4. The molecule has 3 atom stereocenters. The maximum absolute atomic E-state index is 14.0. The van der Waals surface area contributed by atoms with Crippen molar-refractivity contribution in [1.29, 1.82) is 0 Å². The van der Waals surface area contributed by atoms with Crippen LogP contribution in [0.2, 0.25) is 0 Å². The van der Waals surface area contributed by atoms with Crippen molar-refractivity contribution in [3.05, 3.63) is 89.5 Å². The third-order valence-electron chi connectivity index (χ3n) is 7.27. The smallest absolute Gasteiger partial charge is 0.241 e. The zero-order valence-electron chi connectivity index (χ0n) is 19.5. The van der Waals surface area contributed by atoms with Gasteiger partial charge in [0, 0.05) is 17.2 Å². The summed E-state index contributed by atoms with van der Waals surface area (Å²) in [6.45, 7) is 0. The van der Waals surface area contributed by atoms with Crippen molar-refractivity contribution in [1.82, 2.24) is 0 Å². The summed E-state index contributed by atoms with van der Waals surface area (Å²) in [6.07, 6.45) is -0.958. The summed E-state index contributed by atoms with van der Waals surface area (Å²) in [6, 6.07) is 20.0. The van der Waals surface area contributed by atoms with Gasteiger partial charge in [-0.2, -0.15) is 0 Å². The van der Waals surface area contributed by atoms with Crippen LogP contribution in [0.15, 0.2) is 72.8 Å². The Kier molecular flexibility index (Phi) is 4.84. The number of hydrogen-bond acceptors (Lipinski definition) is 7. The van der Waals surface area contributed by atoms with Gasteiger partial charge in [0.05, 0.1) is 37.8 Å². The zero-order chi connectivity index (χ0) is 25.2. The molecule has 2 heterocycles. The van der Waals surface area contributed by atoms with Crippen LogP contribution in [-0.2, 0) is 14.3 Å². The average molecular weight is 483 g/mol. The highest BCUT2D eigenvalue weighted by Crippen LogP contribution is 2.57. The lowest BCUT2D eigenvalue weighted by Crippen LogP contribution is -2.51. The lowest BCUT2D eigenvalue weighted by Gasteiger charge is -2.27. The summed E-state index contributed by atoms with van der Waals surface area (Å²) in [5.41, 5.74) is -0.849. The van der Waals surface area contributed by atoms with E-state index in [0.717, 1.165) is 4.90 Å². The maximum atomic E-state index is 14.0. The summed E-state index contributed by atoms with van der Waals surface area (Å²) < 4.78 is 16.9. The summed E-state index contributed by atoms with van der Waals surface area (Å²) in [5, 5.41) is 0. The Labute approximate surface area is 206 Å². The van der Waals surface area contributed by atoms with Crippen LogP contribution in [0, 0.1) is 11.8 Å². The fraction of sp³-hybridized carbons (Fsp3) is 0.214. The second-order valence-corrected chi connectivity index (χ2v) is 8.94. The highest BCUT2D eigenvalue weighted by molar-refractivity contribution is 6.37. The minimum atomic E-state index is -2.10. The number of ketones is 2. The van der Waals surface area contributed by atoms with Gasteiger partial charge in [0.1, 0.15) is 0 Å². The van der Waals surface area contributed by atoms with E-state index in [-0.39, 0.29) is 16.8 Å². The van der Waals surface area contributed by atoms with E-state index in [9.17, 15) is 19.2 Å². The van der Waals surface area contributed by atoms with Gasteiger partial charge in [0.2, 0.25) is 29.0 Å². The number of methoxy groups -OCH3 is 2. The van der Waals surface area contributed by atoms with Gasteiger partial charge in [-0.3, -0.25) is 19.2 Å². The molecule has 3 aromatic carbocycles. The van der Waals surface area contributed by atoms with Gasteiger partial charge in [-0.15, -0.1) is 0 Å². The van der Waals surface area contributed by atoms with E-state index in [1.165, 1.54) is 20.3 Å². The van der Waals surface area contributed by atoms with E-state index in [0.29, 0.717) is 17.1 Å². The van der Waals surface area contributed by atoms with Gasteiger partial charge in [-0.25, -0.2) is 4.90 Å². The second-order valence-electron chi connectivity index (χ2n) is 8.94. The maximum Gasteiger partial charge on any atom is 0.241 e. The van der Waals surface area contributed by atoms with E-state index >= 15 is 0 Å². The number of hydrogen-bond donors (Lipinski definition) is 0. The molecule has 0 aromatic heterocycles. The van der Waals surface area contributed by atoms with Crippen LogP contribution in [-0.4, -0.2) is 43.2 Å². The molecule has 3 aromatic rings. The van der Waals surface area contributed by atoms with Gasteiger partial charge < -0.3 is 14.2 Å². The Morgan fingerprint density at radius 2 is 1.36 bits per heavy atom. The van der Waals surface area contributed by atoms with Gasteiger partial charge in [0.25, 0.3) is 0 Å². The first kappa shape index (κ1) is 22.2. The van der Waals surface area contributed by atoms with Crippen molar-refractivity contribution >= 4 is 29.1 Å². The van der Waals surface area contributed by atoms with Crippen molar-refractivity contribution in [2.45, 2.75) is 11.7 Å². The third kappa shape index (κ3) is 2.73. The molecule has 8 nitrogen and oxygen atoms in total. The Morgan fingerprint density at radius 3 is 1.97 bits per heavy atom. The molecule has 3 aliphatic rings. The predicted octanol–water partition coefficient (Wildman–Crippen LogP) is 3.40. The Bertz CT molecular complexity index is 1410. The standard InChI is InChI=1S/C28H21NO7/c1-34-19-13-12-16(14-20(19)35-2)29-26(32)21-22(27(29)33)28(36-23(21)15-8-4-3-5-9-15)24(30)17-10-6-7-11-18(17)25(28)31/h3-14,21-23H,1-2H3/t21-,22+,23-/m0/s1. The molecule has 0 radical (unpaired) electrons. The van der Waals surface area contributed by atoms with Crippen molar-refractivity contribution < 1.29 is 33.4 Å². The van der Waals surface area contributed by atoms with E-state index in [2.05, 4.69) is 0 Å². The van der Waals surface area contributed by atoms with Gasteiger partial charge >= 0.3 is 0 Å². The van der Waals surface area contributed by atoms with Crippen LogP contribution in [0.25, 0.3) is 0 Å². The first-order chi connectivity index (χ1) is 17.4. The lowest BCUT2D eigenvalue weighted by atomic mass is 9.77. The second kappa shape index (κ2) is 7.86. The number of nitrogens with zero attached hydrogens (tertiary/aromatic N) is 1. The van der Waals surface area contributed by atoms with Crippen LogP contribution >= 0.6 is 0 Å². The number of imide groups is 1. The SMILES string of the molecule is COc1ccc(N2C(=O)[C@@H]3[C@H](c4ccccc4)OC4(C(=O)c5ccccc5C4=O)[C@H]3C2=O)cc1OC. The highest BCUT2D eigenvalue weighted by atomic mass is 16.5. The molecule has 0 N–H and O–H groups in total. The fourth-order valence-electron chi connectivity index (χ4n) is 5.68. The number of rotatable bonds is 4. The number of anilines is 1. The largest absolute Gasteiger partial charge is 0.493 e. The van der Waals surface area contributed by atoms with Crippen LogP contribution in [0.5, 0.6) is 11.5 Å². The highest BCUT2D eigenvalue weighted by Gasteiger charge is 2.74. The van der Waals surface area contributed by atoms with Gasteiger partial charge in [-0.05, 0) is 17.7 Å². The molecule has 8 heteroatoms. The fourth-order valence-corrected chi connectivity index (χ4v) is 5.68. The van der Waals surface area contributed by atoms with E-state index < -0.39 is 46.9 Å². The molecule has 1 aliphatic carbocycles. The molecule has 2 amide bonds. The molecule has 0 saturated carbocycles.